The Morgan fingerprint density at radius 1 is 1.44 bits per heavy atom. The predicted molar refractivity (Wildman–Crippen MR) is 76.6 cm³/mol. The molecule has 18 heavy (non-hydrogen) atoms. The molecule has 0 amide bonds. The van der Waals surface area contributed by atoms with E-state index in [-0.39, 0.29) is 11.9 Å². The first-order valence-corrected chi connectivity index (χ1v) is 6.73. The van der Waals surface area contributed by atoms with E-state index in [4.69, 9.17) is 11.6 Å². The summed E-state index contributed by atoms with van der Waals surface area (Å²) in [6.45, 7) is 7.25. The number of allylic oxidation sites excluding steroid dienone is 1. The molecule has 0 saturated heterocycles. The van der Waals surface area contributed by atoms with Gasteiger partial charge in [0, 0.05) is 11.1 Å². The number of rotatable bonds is 6. The van der Waals surface area contributed by atoms with Gasteiger partial charge in [-0.2, -0.15) is 0 Å². The summed E-state index contributed by atoms with van der Waals surface area (Å²) in [5.74, 6) is -0.288. The van der Waals surface area contributed by atoms with Crippen LogP contribution in [0, 0.1) is 5.82 Å². The number of hydrogen-bond donors (Lipinski definition) is 1. The molecule has 0 aromatic heterocycles. The molecule has 0 radical (unpaired) electrons. The molecular weight excluding hydrogens is 249 g/mol. The maximum Gasteiger partial charge on any atom is 0.124 e. The molecule has 0 saturated carbocycles. The third kappa shape index (κ3) is 5.19. The van der Waals surface area contributed by atoms with Crippen molar-refractivity contribution in [2.75, 3.05) is 6.54 Å². The summed E-state index contributed by atoms with van der Waals surface area (Å²) in [7, 11) is 0. The third-order valence-corrected chi connectivity index (χ3v) is 3.00. The van der Waals surface area contributed by atoms with Crippen molar-refractivity contribution < 1.29 is 4.39 Å². The zero-order chi connectivity index (χ0) is 13.5. The Morgan fingerprint density at radius 2 is 2.17 bits per heavy atom. The molecule has 1 atom stereocenters. The summed E-state index contributed by atoms with van der Waals surface area (Å²) in [5, 5.41) is 3.96. The molecule has 0 aliphatic heterocycles. The SMILES string of the molecule is CCCNC(C=C(C)C)Cc1ccc(F)cc1Cl. The molecule has 100 valence electrons. The standard InChI is InChI=1S/C15H21ClFN/c1-4-7-18-14(8-11(2)3)9-12-5-6-13(17)10-15(12)16/h5-6,8,10,14,18H,4,7,9H2,1-3H3. The van der Waals surface area contributed by atoms with Gasteiger partial charge in [0.15, 0.2) is 0 Å². The second kappa shape index (κ2) is 7.55. The van der Waals surface area contributed by atoms with Gasteiger partial charge < -0.3 is 5.32 Å². The monoisotopic (exact) mass is 269 g/mol. The van der Waals surface area contributed by atoms with Crippen LogP contribution in [0.4, 0.5) is 4.39 Å². The Kier molecular flexibility index (Phi) is 6.37. The molecule has 3 heteroatoms. The molecule has 0 aliphatic rings. The fourth-order valence-corrected chi connectivity index (χ4v) is 2.09. The Morgan fingerprint density at radius 3 is 2.72 bits per heavy atom. The lowest BCUT2D eigenvalue weighted by Gasteiger charge is -2.16. The first-order chi connectivity index (χ1) is 8.52. The molecule has 1 rings (SSSR count). The first-order valence-electron chi connectivity index (χ1n) is 6.35. The van der Waals surface area contributed by atoms with Crippen LogP contribution in [-0.4, -0.2) is 12.6 Å². The zero-order valence-electron chi connectivity index (χ0n) is 11.3. The van der Waals surface area contributed by atoms with E-state index >= 15 is 0 Å². The Balaban J connectivity index is 2.78. The van der Waals surface area contributed by atoms with Gasteiger partial charge in [-0.25, -0.2) is 4.39 Å². The van der Waals surface area contributed by atoms with Crippen LogP contribution in [0.15, 0.2) is 29.8 Å². The smallest absolute Gasteiger partial charge is 0.124 e. The fourth-order valence-electron chi connectivity index (χ4n) is 1.85. The van der Waals surface area contributed by atoms with Crippen LogP contribution >= 0.6 is 11.6 Å². The minimum absolute atomic E-state index is 0.248. The van der Waals surface area contributed by atoms with Crippen LogP contribution in [0.25, 0.3) is 0 Å². The van der Waals surface area contributed by atoms with Crippen molar-refractivity contribution >= 4 is 11.6 Å². The highest BCUT2D eigenvalue weighted by Crippen LogP contribution is 2.19. The topological polar surface area (TPSA) is 12.0 Å². The fraction of sp³-hybridized carbons (Fsp3) is 0.467. The van der Waals surface area contributed by atoms with E-state index in [1.165, 1.54) is 17.7 Å². The van der Waals surface area contributed by atoms with Gasteiger partial charge >= 0.3 is 0 Å². The Labute approximate surface area is 114 Å². The van der Waals surface area contributed by atoms with Gasteiger partial charge in [0.05, 0.1) is 0 Å². The van der Waals surface area contributed by atoms with Crippen molar-refractivity contribution in [2.24, 2.45) is 0 Å². The van der Waals surface area contributed by atoms with Crippen molar-refractivity contribution in [3.63, 3.8) is 0 Å². The van der Waals surface area contributed by atoms with E-state index in [2.05, 4.69) is 32.2 Å². The average molecular weight is 270 g/mol. The summed E-state index contributed by atoms with van der Waals surface area (Å²) in [5.41, 5.74) is 2.24. The number of hydrogen-bond acceptors (Lipinski definition) is 1. The van der Waals surface area contributed by atoms with Crippen LogP contribution in [0.2, 0.25) is 5.02 Å². The van der Waals surface area contributed by atoms with Crippen molar-refractivity contribution in [1.82, 2.24) is 5.32 Å². The number of halogens is 2. The lowest BCUT2D eigenvalue weighted by Crippen LogP contribution is -2.30. The molecule has 0 bridgehead atoms. The summed E-state index contributed by atoms with van der Waals surface area (Å²) in [6.07, 6.45) is 4.06. The lowest BCUT2D eigenvalue weighted by atomic mass is 10.0. The second-order valence-electron chi connectivity index (χ2n) is 4.74. The van der Waals surface area contributed by atoms with E-state index in [9.17, 15) is 4.39 Å². The van der Waals surface area contributed by atoms with Crippen molar-refractivity contribution in [1.29, 1.82) is 0 Å². The molecule has 1 unspecified atom stereocenters. The quantitative estimate of drug-likeness (QED) is 0.757. The van der Waals surface area contributed by atoms with Gasteiger partial charge in [-0.1, -0.05) is 36.2 Å². The maximum absolute atomic E-state index is 13.0. The highest BCUT2D eigenvalue weighted by molar-refractivity contribution is 6.31. The molecule has 1 aromatic rings. The molecule has 0 heterocycles. The zero-order valence-corrected chi connectivity index (χ0v) is 12.0. The summed E-state index contributed by atoms with van der Waals surface area (Å²) < 4.78 is 13.0. The van der Waals surface area contributed by atoms with Crippen molar-refractivity contribution in [2.45, 2.75) is 39.7 Å². The van der Waals surface area contributed by atoms with Crippen LogP contribution in [0.3, 0.4) is 0 Å². The molecule has 1 aromatic carbocycles. The van der Waals surface area contributed by atoms with Crippen LogP contribution < -0.4 is 5.32 Å². The molecule has 1 N–H and O–H groups in total. The number of nitrogens with one attached hydrogen (secondary N) is 1. The third-order valence-electron chi connectivity index (χ3n) is 2.65. The predicted octanol–water partition coefficient (Wildman–Crippen LogP) is 4.36. The molecule has 0 fully saturated rings. The summed E-state index contributed by atoms with van der Waals surface area (Å²) in [6, 6.07) is 4.84. The average Bonchev–Trinajstić information content (AvgIpc) is 2.29. The van der Waals surface area contributed by atoms with Crippen LogP contribution in [0.1, 0.15) is 32.8 Å². The van der Waals surface area contributed by atoms with Gasteiger partial charge in [0.2, 0.25) is 0 Å². The molecule has 0 spiro atoms. The van der Waals surface area contributed by atoms with Gasteiger partial charge in [0.25, 0.3) is 0 Å². The normalized spacial score (nSPS) is 12.3. The van der Waals surface area contributed by atoms with E-state index in [0.717, 1.165) is 24.9 Å². The molecular formula is C15H21ClFN. The summed E-state index contributed by atoms with van der Waals surface area (Å²) >= 11 is 6.06. The maximum atomic E-state index is 13.0. The van der Waals surface area contributed by atoms with Crippen molar-refractivity contribution in [3.05, 3.63) is 46.3 Å². The van der Waals surface area contributed by atoms with E-state index in [1.807, 2.05) is 0 Å². The van der Waals surface area contributed by atoms with E-state index in [1.54, 1.807) is 6.07 Å². The lowest BCUT2D eigenvalue weighted by molar-refractivity contribution is 0.580. The minimum Gasteiger partial charge on any atom is -0.310 e. The van der Waals surface area contributed by atoms with Gasteiger partial charge in [-0.15, -0.1) is 0 Å². The minimum atomic E-state index is -0.288. The Bertz CT molecular complexity index is 411. The number of benzene rings is 1. The largest absolute Gasteiger partial charge is 0.310 e. The second-order valence-corrected chi connectivity index (χ2v) is 5.15. The van der Waals surface area contributed by atoms with Gasteiger partial charge in [-0.05, 0) is 50.9 Å². The van der Waals surface area contributed by atoms with Gasteiger partial charge in [0.1, 0.15) is 5.82 Å². The van der Waals surface area contributed by atoms with E-state index < -0.39 is 0 Å². The van der Waals surface area contributed by atoms with Crippen LogP contribution in [-0.2, 0) is 6.42 Å². The first kappa shape index (κ1) is 15.2. The summed E-state index contributed by atoms with van der Waals surface area (Å²) in [4.78, 5) is 0. The van der Waals surface area contributed by atoms with Crippen LogP contribution in [0.5, 0.6) is 0 Å². The molecule has 1 nitrogen and oxygen atoms in total. The highest BCUT2D eigenvalue weighted by atomic mass is 35.5. The molecule has 0 aliphatic carbocycles. The Hall–Kier alpha value is -0.860. The van der Waals surface area contributed by atoms with E-state index in [0.29, 0.717) is 5.02 Å². The van der Waals surface area contributed by atoms with Crippen molar-refractivity contribution in [3.8, 4) is 0 Å². The van der Waals surface area contributed by atoms with Gasteiger partial charge in [-0.3, -0.25) is 0 Å². The highest BCUT2D eigenvalue weighted by Gasteiger charge is 2.09.